The molecule has 2 saturated heterocycles. The van der Waals surface area contributed by atoms with Crippen LogP contribution in [0.1, 0.15) is 45.1 Å². The number of fused-ring (bicyclic) bond motifs is 2. The van der Waals surface area contributed by atoms with Gasteiger partial charge in [-0.25, -0.2) is 19.6 Å². The molecule has 18 nitrogen and oxygen atoms in total. The number of H-pyrrole nitrogens is 1. The molecule has 5 heterocycles. The number of carboxylic acids is 2. The van der Waals surface area contributed by atoms with E-state index in [2.05, 4.69) is 25.4 Å². The number of halogens is 1. The summed E-state index contributed by atoms with van der Waals surface area (Å²) in [6.45, 7) is 5.89. The van der Waals surface area contributed by atoms with Crippen LogP contribution in [0.15, 0.2) is 32.7 Å². The zero-order valence-electron chi connectivity index (χ0n) is 27.9. The number of oxime groups is 1. The number of thioether (sulfide) groups is 1. The lowest BCUT2D eigenvalue weighted by Crippen LogP contribution is -2.71. The van der Waals surface area contributed by atoms with Crippen molar-refractivity contribution in [2.24, 2.45) is 5.16 Å². The van der Waals surface area contributed by atoms with Gasteiger partial charge in [-0.15, -0.1) is 23.1 Å². The molecular formula is C31H34ClN8O10S2+. The minimum Gasteiger partial charge on any atom is -0.504 e. The van der Waals surface area contributed by atoms with Gasteiger partial charge in [0.2, 0.25) is 5.60 Å². The highest BCUT2D eigenvalue weighted by Gasteiger charge is 2.57. The molecule has 21 heteroatoms. The lowest BCUT2D eigenvalue weighted by molar-refractivity contribution is -0.926. The summed E-state index contributed by atoms with van der Waals surface area (Å²) >= 11 is 8.52. The number of hydrogen-bond donors (Lipinski definition) is 7. The standard InChI is InChI=1S/C31H33ClN8O10S2/c1-12-14(9-40(6-4-5-7-40)10-17-35-19-13(24(43)36-17)8-16(41)23(42)18(19)32)22(28(46)47)39-26(45)21(27(39)52-12)37-25(44)20(15-11-51-30(33)34-15)38-50-31(2,3)29(48)49/h8,11-12,21,27H,4-7,9-10H2,1-3H3,(H7-,33,34,35,36,37,38,41,42,43,44,46,47,48,49)/p+1/t12-,21+,27+/m0/s1. The Labute approximate surface area is 307 Å². The molecule has 3 atom stereocenters. The lowest BCUT2D eigenvalue weighted by atomic mass is 9.99. The maximum atomic E-state index is 13.6. The number of carbonyl (C=O) groups excluding carboxylic acids is 2. The molecule has 0 bridgehead atoms. The number of aromatic amines is 1. The third kappa shape index (κ3) is 6.61. The van der Waals surface area contributed by atoms with Crippen LogP contribution < -0.4 is 16.6 Å². The van der Waals surface area contributed by atoms with Crippen molar-refractivity contribution in [3.63, 3.8) is 0 Å². The Bertz CT molecular complexity index is 2140. The molecule has 0 spiro atoms. The van der Waals surface area contributed by atoms with E-state index in [9.17, 15) is 44.4 Å². The first-order chi connectivity index (χ1) is 24.4. The first-order valence-electron chi connectivity index (χ1n) is 15.9. The van der Waals surface area contributed by atoms with Crippen molar-refractivity contribution < 1.29 is 48.9 Å². The van der Waals surface area contributed by atoms with Crippen LogP contribution in [0.2, 0.25) is 5.02 Å². The molecule has 3 aliphatic heterocycles. The molecule has 3 aliphatic rings. The van der Waals surface area contributed by atoms with Crippen LogP contribution in [-0.4, -0.2) is 116 Å². The van der Waals surface area contributed by atoms with Gasteiger partial charge in [-0.1, -0.05) is 16.8 Å². The summed E-state index contributed by atoms with van der Waals surface area (Å²) in [5.74, 6) is -5.19. The van der Waals surface area contributed by atoms with E-state index >= 15 is 0 Å². The van der Waals surface area contributed by atoms with Gasteiger partial charge in [-0.2, -0.15) is 0 Å². The van der Waals surface area contributed by atoms with E-state index in [4.69, 9.17) is 22.2 Å². The van der Waals surface area contributed by atoms with Gasteiger partial charge in [0.25, 0.3) is 17.4 Å². The highest BCUT2D eigenvalue weighted by Crippen LogP contribution is 2.45. The number of aromatic hydroxyl groups is 2. The predicted octanol–water partition coefficient (Wildman–Crippen LogP) is 1.55. The molecule has 8 N–H and O–H groups in total. The number of rotatable bonds is 11. The van der Waals surface area contributed by atoms with Crippen LogP contribution in [0.4, 0.5) is 5.13 Å². The zero-order chi connectivity index (χ0) is 37.9. The number of carbonyl (C=O) groups is 4. The number of β-lactam (4-membered cyclic amide) rings is 1. The summed E-state index contributed by atoms with van der Waals surface area (Å²) in [7, 11) is 0. The van der Waals surface area contributed by atoms with Crippen LogP contribution in [-0.2, 0) is 30.6 Å². The summed E-state index contributed by atoms with van der Waals surface area (Å²) in [5, 5.41) is 46.3. The first-order valence-corrected chi connectivity index (χ1v) is 18.1. The maximum absolute atomic E-state index is 13.6. The average molecular weight is 778 g/mol. The van der Waals surface area contributed by atoms with Crippen LogP contribution in [0.3, 0.4) is 0 Å². The van der Waals surface area contributed by atoms with E-state index in [1.807, 2.05) is 6.92 Å². The Hall–Kier alpha value is -4.92. The molecule has 1 aromatic carbocycles. The molecule has 276 valence electrons. The third-order valence-electron chi connectivity index (χ3n) is 9.22. The molecule has 2 amide bonds. The Morgan fingerprint density at radius 3 is 2.50 bits per heavy atom. The summed E-state index contributed by atoms with van der Waals surface area (Å²) in [6.07, 6.45) is 1.62. The second kappa shape index (κ2) is 13.6. The van der Waals surface area contributed by atoms with Gasteiger partial charge in [-0.05, 0) is 26.8 Å². The number of benzene rings is 1. The Kier molecular flexibility index (Phi) is 9.62. The smallest absolute Gasteiger partial charge is 0.352 e. The summed E-state index contributed by atoms with van der Waals surface area (Å²) in [6, 6.07) is -0.0870. The number of hydrogen-bond acceptors (Lipinski definition) is 14. The predicted molar refractivity (Wildman–Crippen MR) is 189 cm³/mol. The summed E-state index contributed by atoms with van der Waals surface area (Å²) in [4.78, 5) is 82.1. The van der Waals surface area contributed by atoms with E-state index < -0.39 is 68.8 Å². The molecule has 2 aromatic heterocycles. The number of nitrogens with zero attached hydrogens (tertiary/aromatic N) is 5. The SMILES string of the molecule is C[C@@H]1S[C@@H]2[C@H](NC(=O)C(=NOC(C)(C)C(=O)O)c3csc(N)n3)C(=O)N2C(C(=O)O)=C1C[N+]1(Cc2nc3c(Cl)c(O)c(O)cc3c(=O)[nH]2)CCCC1. The number of nitrogens with one attached hydrogen (secondary N) is 2. The monoisotopic (exact) mass is 777 g/mol. The van der Waals surface area contributed by atoms with Gasteiger partial charge < -0.3 is 45.8 Å². The van der Waals surface area contributed by atoms with Crippen molar-refractivity contribution in [2.75, 3.05) is 25.4 Å². The number of quaternary nitrogens is 1. The van der Waals surface area contributed by atoms with Gasteiger partial charge in [0.15, 0.2) is 28.2 Å². The van der Waals surface area contributed by atoms with Crippen LogP contribution in [0.5, 0.6) is 11.5 Å². The summed E-state index contributed by atoms with van der Waals surface area (Å²) < 4.78 is 0.309. The number of amides is 2. The second-order valence-electron chi connectivity index (χ2n) is 13.2. The van der Waals surface area contributed by atoms with Crippen LogP contribution in [0.25, 0.3) is 10.9 Å². The number of thiazole rings is 1. The van der Waals surface area contributed by atoms with Crippen molar-refractivity contribution in [1.82, 2.24) is 25.2 Å². The van der Waals surface area contributed by atoms with E-state index in [0.29, 0.717) is 23.1 Å². The fourth-order valence-corrected chi connectivity index (χ4v) is 8.69. The number of anilines is 1. The summed E-state index contributed by atoms with van der Waals surface area (Å²) in [5.41, 5.74) is 3.21. The van der Waals surface area contributed by atoms with Gasteiger partial charge in [0, 0.05) is 29.0 Å². The minimum absolute atomic E-state index is 0.00538. The quantitative estimate of drug-likeness (QED) is 0.0479. The number of aliphatic carboxylic acids is 2. The number of carboxylic acid groups (broad SMARTS) is 2. The lowest BCUT2D eigenvalue weighted by Gasteiger charge is -2.51. The van der Waals surface area contributed by atoms with E-state index in [1.165, 1.54) is 31.0 Å². The molecule has 0 unspecified atom stereocenters. The van der Waals surface area contributed by atoms with Crippen molar-refractivity contribution >= 4 is 80.2 Å². The molecule has 52 heavy (non-hydrogen) atoms. The average Bonchev–Trinajstić information content (AvgIpc) is 3.72. The van der Waals surface area contributed by atoms with Crippen LogP contribution >= 0.6 is 34.7 Å². The first kappa shape index (κ1) is 36.9. The van der Waals surface area contributed by atoms with E-state index in [0.717, 1.165) is 35.1 Å². The number of nitrogen functional groups attached to an aromatic ring is 1. The van der Waals surface area contributed by atoms with Crippen molar-refractivity contribution in [3.8, 4) is 11.5 Å². The van der Waals surface area contributed by atoms with E-state index in [1.54, 1.807) is 0 Å². The van der Waals surface area contributed by atoms with Crippen LogP contribution in [0, 0.1) is 0 Å². The molecular weight excluding hydrogens is 744 g/mol. The highest BCUT2D eigenvalue weighted by molar-refractivity contribution is 8.00. The van der Waals surface area contributed by atoms with Gasteiger partial charge in [0.1, 0.15) is 46.4 Å². The normalized spacial score (nSPS) is 21.5. The van der Waals surface area contributed by atoms with Gasteiger partial charge >= 0.3 is 11.9 Å². The topological polar surface area (TPSA) is 271 Å². The number of aromatic nitrogens is 3. The Morgan fingerprint density at radius 1 is 1.19 bits per heavy atom. The number of phenolic OH excluding ortho intramolecular Hbond substituents is 2. The molecule has 3 aromatic rings. The third-order valence-corrected chi connectivity index (χ3v) is 11.7. The van der Waals surface area contributed by atoms with Crippen molar-refractivity contribution in [1.29, 1.82) is 0 Å². The molecule has 2 fully saturated rings. The number of nitrogens with two attached hydrogens (primary N) is 1. The Morgan fingerprint density at radius 2 is 1.88 bits per heavy atom. The molecule has 0 saturated carbocycles. The van der Waals surface area contributed by atoms with Crippen molar-refractivity contribution in [3.05, 3.63) is 49.6 Å². The van der Waals surface area contributed by atoms with Gasteiger partial charge in [-0.3, -0.25) is 19.3 Å². The van der Waals surface area contributed by atoms with Crippen molar-refractivity contribution in [2.45, 2.75) is 62.4 Å². The van der Waals surface area contributed by atoms with Gasteiger partial charge in [0.05, 0.1) is 18.5 Å². The fourth-order valence-electron chi connectivity index (χ4n) is 6.46. The number of phenols is 2. The Balaban J connectivity index is 1.27. The maximum Gasteiger partial charge on any atom is 0.352 e. The molecule has 6 rings (SSSR count). The van der Waals surface area contributed by atoms with E-state index in [-0.39, 0.29) is 51.4 Å². The zero-order valence-corrected chi connectivity index (χ0v) is 30.3. The minimum atomic E-state index is -1.81. The highest BCUT2D eigenvalue weighted by atomic mass is 35.5. The fraction of sp³-hybridized carbons (Fsp3) is 0.419. The second-order valence-corrected chi connectivity index (χ2v) is 15.9. The molecule has 0 radical (unpaired) electrons. The largest absolute Gasteiger partial charge is 0.504 e. The number of likely N-dealkylation sites (tertiary alicyclic amines) is 1. The molecule has 0 aliphatic carbocycles.